The standard InChI is InChI=1S/C28H43NO3/c1-20-10-13-25-27(3,15-8-16-28(25,4)26(30)31-5)23(20)12-11-22-14-18-32-24(22)19-29-17-7-6-9-21(29)2/h14,18,21,23,25H,1,6-13,15-17,19H2,2-5H3/t21-,23+,25-,27-,28-/m1/s1. The maximum absolute atomic E-state index is 12.8. The molecule has 0 amide bonds. The van der Waals surface area contributed by atoms with E-state index in [1.165, 1.54) is 43.4 Å². The molecule has 0 radical (unpaired) electrons. The van der Waals surface area contributed by atoms with Crippen molar-refractivity contribution >= 4 is 5.97 Å². The van der Waals surface area contributed by atoms with E-state index < -0.39 is 0 Å². The molecule has 3 fully saturated rings. The molecule has 32 heavy (non-hydrogen) atoms. The number of furan rings is 1. The predicted molar refractivity (Wildman–Crippen MR) is 128 cm³/mol. The van der Waals surface area contributed by atoms with E-state index in [1.54, 1.807) is 7.11 Å². The molecular formula is C28H43NO3. The summed E-state index contributed by atoms with van der Waals surface area (Å²) >= 11 is 0. The van der Waals surface area contributed by atoms with Gasteiger partial charge in [-0.3, -0.25) is 9.69 Å². The first-order valence-electron chi connectivity index (χ1n) is 12.8. The Morgan fingerprint density at radius 3 is 2.81 bits per heavy atom. The van der Waals surface area contributed by atoms with Gasteiger partial charge in [-0.05, 0) is 101 Å². The fourth-order valence-electron chi connectivity index (χ4n) is 7.57. The Balaban J connectivity index is 1.49. The summed E-state index contributed by atoms with van der Waals surface area (Å²) in [5, 5.41) is 0. The smallest absolute Gasteiger partial charge is 0.311 e. The van der Waals surface area contributed by atoms with Crippen LogP contribution in [0, 0.1) is 22.7 Å². The van der Waals surface area contributed by atoms with Gasteiger partial charge in [-0.15, -0.1) is 0 Å². The molecule has 0 aromatic carbocycles. The van der Waals surface area contributed by atoms with Crippen LogP contribution >= 0.6 is 0 Å². The number of methoxy groups -OCH3 is 1. The first kappa shape index (κ1) is 23.6. The van der Waals surface area contributed by atoms with Crippen LogP contribution in [0.25, 0.3) is 0 Å². The van der Waals surface area contributed by atoms with Gasteiger partial charge in [0.05, 0.1) is 25.3 Å². The van der Waals surface area contributed by atoms with Crippen molar-refractivity contribution in [1.29, 1.82) is 0 Å². The van der Waals surface area contributed by atoms with Crippen LogP contribution in [-0.2, 0) is 22.5 Å². The van der Waals surface area contributed by atoms with Crippen LogP contribution in [0.2, 0.25) is 0 Å². The zero-order chi connectivity index (χ0) is 22.9. The third-order valence-corrected chi connectivity index (χ3v) is 9.50. The Bertz CT molecular complexity index is 828. The van der Waals surface area contributed by atoms with Crippen LogP contribution in [0.3, 0.4) is 0 Å². The minimum absolute atomic E-state index is 0.0209. The van der Waals surface area contributed by atoms with Gasteiger partial charge in [0, 0.05) is 6.04 Å². The summed E-state index contributed by atoms with van der Waals surface area (Å²) in [5.41, 5.74) is 2.48. The van der Waals surface area contributed by atoms with Crippen molar-refractivity contribution in [2.24, 2.45) is 22.7 Å². The highest BCUT2D eigenvalue weighted by atomic mass is 16.5. The molecule has 1 aromatic heterocycles. The molecule has 5 atom stereocenters. The van der Waals surface area contributed by atoms with Crippen LogP contribution in [-0.4, -0.2) is 30.6 Å². The van der Waals surface area contributed by atoms with Gasteiger partial charge in [0.2, 0.25) is 0 Å². The summed E-state index contributed by atoms with van der Waals surface area (Å²) in [6.45, 7) is 13.5. The lowest BCUT2D eigenvalue weighted by Crippen LogP contribution is -2.53. The number of fused-ring (bicyclic) bond motifs is 1. The molecule has 2 saturated carbocycles. The molecule has 3 aliphatic rings. The number of aryl methyl sites for hydroxylation is 1. The molecule has 4 heteroatoms. The fraction of sp³-hybridized carbons (Fsp3) is 0.750. The van der Waals surface area contributed by atoms with Crippen LogP contribution in [0.1, 0.15) is 89.9 Å². The van der Waals surface area contributed by atoms with Crippen molar-refractivity contribution in [2.45, 2.75) is 97.6 Å². The SMILES string of the molecule is C=C1CC[C@@H]2[C@](C)(CCC[C@@]2(C)C(=O)OC)[C@H]1CCc1ccoc1CN1CCCC[C@H]1C. The van der Waals surface area contributed by atoms with Gasteiger partial charge in [-0.25, -0.2) is 0 Å². The zero-order valence-electron chi connectivity index (χ0n) is 20.8. The normalized spacial score (nSPS) is 36.0. The number of nitrogens with zero attached hydrogens (tertiary/aromatic N) is 1. The van der Waals surface area contributed by atoms with Gasteiger partial charge in [0.15, 0.2) is 0 Å². The van der Waals surface area contributed by atoms with E-state index in [-0.39, 0.29) is 16.8 Å². The summed E-state index contributed by atoms with van der Waals surface area (Å²) in [7, 11) is 1.54. The highest BCUT2D eigenvalue weighted by molar-refractivity contribution is 5.77. The Hall–Kier alpha value is -1.55. The third kappa shape index (κ3) is 4.20. The number of likely N-dealkylation sites (tertiary alicyclic amines) is 1. The van der Waals surface area contributed by atoms with Crippen LogP contribution in [0.15, 0.2) is 28.9 Å². The van der Waals surface area contributed by atoms with Gasteiger partial charge in [0.1, 0.15) is 5.76 Å². The van der Waals surface area contributed by atoms with Gasteiger partial charge < -0.3 is 9.15 Å². The van der Waals surface area contributed by atoms with E-state index in [4.69, 9.17) is 9.15 Å². The number of ether oxygens (including phenoxy) is 1. The van der Waals surface area contributed by atoms with Crippen molar-refractivity contribution in [3.05, 3.63) is 35.8 Å². The fourth-order valence-corrected chi connectivity index (χ4v) is 7.57. The highest BCUT2D eigenvalue weighted by Crippen LogP contribution is 2.62. The third-order valence-electron chi connectivity index (χ3n) is 9.50. The van der Waals surface area contributed by atoms with E-state index in [0.717, 1.165) is 50.8 Å². The average molecular weight is 442 g/mol. The summed E-state index contributed by atoms with van der Waals surface area (Å²) in [5.74, 6) is 1.93. The molecule has 4 nitrogen and oxygen atoms in total. The molecule has 0 unspecified atom stereocenters. The molecule has 0 spiro atoms. The van der Waals surface area contributed by atoms with Crippen LogP contribution in [0.5, 0.6) is 0 Å². The quantitative estimate of drug-likeness (QED) is 0.371. The van der Waals surface area contributed by atoms with Crippen molar-refractivity contribution in [3.8, 4) is 0 Å². The number of allylic oxidation sites excluding steroid dienone is 1. The maximum atomic E-state index is 12.8. The number of rotatable bonds is 6. The Kier molecular flexibility index (Phi) is 6.91. The second-order valence-electron chi connectivity index (χ2n) is 11.3. The van der Waals surface area contributed by atoms with Crippen LogP contribution < -0.4 is 0 Å². The number of carbonyl (C=O) groups excluding carboxylic acids is 1. The number of carbonyl (C=O) groups is 1. The summed E-state index contributed by atoms with van der Waals surface area (Å²) in [4.78, 5) is 15.4. The first-order valence-corrected chi connectivity index (χ1v) is 12.8. The monoisotopic (exact) mass is 441 g/mol. The van der Waals surface area contributed by atoms with Crippen molar-refractivity contribution in [1.82, 2.24) is 4.90 Å². The minimum Gasteiger partial charge on any atom is -0.469 e. The van der Waals surface area contributed by atoms with E-state index >= 15 is 0 Å². The molecule has 2 aliphatic carbocycles. The number of hydrogen-bond acceptors (Lipinski definition) is 4. The summed E-state index contributed by atoms with van der Waals surface area (Å²) in [6, 6.07) is 2.81. The van der Waals surface area contributed by atoms with Crippen molar-refractivity contribution < 1.29 is 13.9 Å². The number of hydrogen-bond donors (Lipinski definition) is 0. The molecule has 1 aliphatic heterocycles. The molecule has 1 saturated heterocycles. The molecule has 2 heterocycles. The summed E-state index contributed by atoms with van der Waals surface area (Å²) in [6.07, 6.45) is 13.2. The maximum Gasteiger partial charge on any atom is 0.311 e. The first-order chi connectivity index (χ1) is 15.3. The van der Waals surface area contributed by atoms with Gasteiger partial charge in [0.25, 0.3) is 0 Å². The van der Waals surface area contributed by atoms with Gasteiger partial charge >= 0.3 is 5.97 Å². The van der Waals surface area contributed by atoms with Crippen molar-refractivity contribution in [3.63, 3.8) is 0 Å². The van der Waals surface area contributed by atoms with E-state index in [0.29, 0.717) is 17.9 Å². The lowest BCUT2D eigenvalue weighted by Gasteiger charge is -2.57. The second-order valence-corrected chi connectivity index (χ2v) is 11.3. The largest absolute Gasteiger partial charge is 0.469 e. The Labute approximate surface area is 194 Å². The second kappa shape index (κ2) is 9.37. The highest BCUT2D eigenvalue weighted by Gasteiger charge is 2.57. The van der Waals surface area contributed by atoms with E-state index in [2.05, 4.69) is 38.3 Å². The molecule has 0 bridgehead atoms. The zero-order valence-corrected chi connectivity index (χ0v) is 20.8. The molecule has 1 aromatic rings. The van der Waals surface area contributed by atoms with E-state index in [9.17, 15) is 4.79 Å². The summed E-state index contributed by atoms with van der Waals surface area (Å²) < 4.78 is 11.3. The lowest BCUT2D eigenvalue weighted by atomic mass is 9.46. The number of esters is 1. The molecule has 178 valence electrons. The van der Waals surface area contributed by atoms with E-state index in [1.807, 2.05) is 6.26 Å². The van der Waals surface area contributed by atoms with Gasteiger partial charge in [-0.2, -0.15) is 0 Å². The average Bonchev–Trinajstić information content (AvgIpc) is 3.21. The van der Waals surface area contributed by atoms with Crippen LogP contribution in [0.4, 0.5) is 0 Å². The topological polar surface area (TPSA) is 42.7 Å². The molecular weight excluding hydrogens is 398 g/mol. The molecule has 4 rings (SSSR count). The van der Waals surface area contributed by atoms with Crippen molar-refractivity contribution in [2.75, 3.05) is 13.7 Å². The lowest BCUT2D eigenvalue weighted by molar-refractivity contribution is -0.168. The minimum atomic E-state index is -0.369. The molecule has 0 N–H and O–H groups in total. The Morgan fingerprint density at radius 1 is 1.25 bits per heavy atom. The predicted octanol–water partition coefficient (Wildman–Crippen LogP) is 6.54. The van der Waals surface area contributed by atoms with Gasteiger partial charge in [-0.1, -0.05) is 31.9 Å². The Morgan fingerprint density at radius 2 is 2.06 bits per heavy atom. The number of piperidine rings is 1.